The summed E-state index contributed by atoms with van der Waals surface area (Å²) in [6.45, 7) is 8.04. The van der Waals surface area contributed by atoms with Gasteiger partial charge in [0.15, 0.2) is 6.04 Å². The zero-order chi connectivity index (χ0) is 19.1. The first-order valence-corrected chi connectivity index (χ1v) is 9.25. The number of carbonyl (C=O) groups excluding carboxylic acids is 3. The molecule has 1 aliphatic carbocycles. The van der Waals surface area contributed by atoms with Crippen molar-refractivity contribution in [2.75, 3.05) is 6.54 Å². The highest BCUT2D eigenvalue weighted by atomic mass is 16.4. The molecule has 7 nitrogen and oxygen atoms in total. The van der Waals surface area contributed by atoms with E-state index in [4.69, 9.17) is 0 Å². The van der Waals surface area contributed by atoms with E-state index in [9.17, 15) is 19.5 Å². The summed E-state index contributed by atoms with van der Waals surface area (Å²) in [5.41, 5.74) is 3.87. The second-order valence-corrected chi connectivity index (χ2v) is 7.86. The molecule has 2 amide bonds. The quantitative estimate of drug-likeness (QED) is 0.520. The van der Waals surface area contributed by atoms with Crippen molar-refractivity contribution < 1.29 is 25.2 Å². The van der Waals surface area contributed by atoms with Gasteiger partial charge in [-0.15, -0.1) is 0 Å². The summed E-state index contributed by atoms with van der Waals surface area (Å²) in [5.74, 6) is -1.29. The van der Waals surface area contributed by atoms with Gasteiger partial charge in [0.1, 0.15) is 0 Å². The molecule has 25 heavy (non-hydrogen) atoms. The summed E-state index contributed by atoms with van der Waals surface area (Å²) in [6.07, 6.45) is 3.11. The van der Waals surface area contributed by atoms with Crippen molar-refractivity contribution in [3.05, 3.63) is 0 Å². The molecule has 2 atom stereocenters. The molecule has 0 aromatic rings. The number of aliphatic carboxylic acids is 1. The highest BCUT2D eigenvalue weighted by Crippen LogP contribution is 2.28. The fraction of sp³-hybridized carbons (Fsp3) is 0.833. The maximum atomic E-state index is 12.3. The average molecular weight is 355 g/mol. The Kier molecular flexibility index (Phi) is 8.35. The lowest BCUT2D eigenvalue weighted by Gasteiger charge is -2.30. The Morgan fingerprint density at radius 2 is 1.60 bits per heavy atom. The van der Waals surface area contributed by atoms with Gasteiger partial charge in [0.2, 0.25) is 5.91 Å². The molecule has 0 saturated heterocycles. The number of hydrogen-bond donors (Lipinski definition) is 3. The number of carboxylic acid groups (broad SMARTS) is 1. The number of nitrogens with one attached hydrogen (secondary N) is 2. The second-order valence-electron chi connectivity index (χ2n) is 7.86. The average Bonchev–Trinajstić information content (AvgIpc) is 2.56. The van der Waals surface area contributed by atoms with Gasteiger partial charge in [-0.25, -0.2) is 0 Å². The largest absolute Gasteiger partial charge is 0.548 e. The lowest BCUT2D eigenvalue weighted by Crippen LogP contribution is -2.70. The van der Waals surface area contributed by atoms with Gasteiger partial charge in [0, 0.05) is 18.4 Å². The lowest BCUT2D eigenvalue weighted by atomic mass is 9.81. The molecule has 0 radical (unpaired) electrons. The Labute approximate surface area is 150 Å². The van der Waals surface area contributed by atoms with Gasteiger partial charge >= 0.3 is 0 Å². The molecule has 0 bridgehead atoms. The van der Waals surface area contributed by atoms with Gasteiger partial charge in [-0.05, 0) is 37.5 Å². The third-order valence-corrected chi connectivity index (χ3v) is 5.14. The Balaban J connectivity index is 2.39. The van der Waals surface area contributed by atoms with Crippen LogP contribution in [0.1, 0.15) is 53.4 Å². The van der Waals surface area contributed by atoms with Crippen molar-refractivity contribution >= 4 is 17.8 Å². The van der Waals surface area contributed by atoms with Gasteiger partial charge in [0.05, 0.1) is 12.0 Å². The van der Waals surface area contributed by atoms with Crippen LogP contribution in [0, 0.1) is 23.7 Å². The van der Waals surface area contributed by atoms with E-state index in [0.717, 1.165) is 12.8 Å². The number of quaternary nitrogens is 1. The minimum atomic E-state index is -1.24. The fourth-order valence-corrected chi connectivity index (χ4v) is 3.08. The summed E-state index contributed by atoms with van der Waals surface area (Å²) < 4.78 is 0. The number of rotatable bonds is 8. The first-order chi connectivity index (χ1) is 11.6. The van der Waals surface area contributed by atoms with E-state index in [-0.39, 0.29) is 35.6 Å². The molecular weight excluding hydrogens is 322 g/mol. The summed E-state index contributed by atoms with van der Waals surface area (Å²) in [5, 5.41) is 16.6. The Morgan fingerprint density at radius 1 is 1.04 bits per heavy atom. The Morgan fingerprint density at radius 3 is 2.04 bits per heavy atom. The minimum absolute atomic E-state index is 0.0244. The molecule has 7 heteroatoms. The van der Waals surface area contributed by atoms with Crippen LogP contribution >= 0.6 is 0 Å². The zero-order valence-electron chi connectivity index (χ0n) is 15.8. The van der Waals surface area contributed by atoms with Gasteiger partial charge in [-0.1, -0.05) is 27.7 Å². The number of carboxylic acids is 1. The molecule has 0 spiro atoms. The topological polar surface area (TPSA) is 126 Å². The van der Waals surface area contributed by atoms with Gasteiger partial charge < -0.3 is 26.3 Å². The van der Waals surface area contributed by atoms with Crippen LogP contribution in [0.5, 0.6) is 0 Å². The van der Waals surface area contributed by atoms with Crippen LogP contribution in [0.25, 0.3) is 0 Å². The van der Waals surface area contributed by atoms with E-state index >= 15 is 0 Å². The second kappa shape index (κ2) is 9.75. The highest BCUT2D eigenvalue weighted by molar-refractivity contribution is 5.84. The standard InChI is InChI=1S/C18H33N3O4/c1-10(2)14(19)17(23)20-9-12-5-7-13(8-6-12)16(22)21-15(11(3)4)18(24)25/h10-15H,5-9,19H2,1-4H3,(H,20,23)(H,21,22)(H,24,25)/t12?,13?,14-,15-/m1/s1. The van der Waals surface area contributed by atoms with E-state index in [2.05, 4.69) is 16.4 Å². The molecule has 0 aromatic heterocycles. The third-order valence-electron chi connectivity index (χ3n) is 5.14. The Hall–Kier alpha value is -1.63. The first-order valence-electron chi connectivity index (χ1n) is 9.25. The van der Waals surface area contributed by atoms with E-state index in [1.807, 2.05) is 13.8 Å². The molecular formula is C18H33N3O4. The highest BCUT2D eigenvalue weighted by Gasteiger charge is 2.29. The van der Waals surface area contributed by atoms with Crippen LogP contribution in [0.2, 0.25) is 0 Å². The molecule has 0 heterocycles. The fourth-order valence-electron chi connectivity index (χ4n) is 3.08. The summed E-state index contributed by atoms with van der Waals surface area (Å²) >= 11 is 0. The summed E-state index contributed by atoms with van der Waals surface area (Å²) in [7, 11) is 0. The normalized spacial score (nSPS) is 23.2. The predicted octanol–water partition coefficient (Wildman–Crippen LogP) is -0.934. The molecule has 5 N–H and O–H groups in total. The van der Waals surface area contributed by atoms with Crippen LogP contribution in [0.4, 0.5) is 0 Å². The molecule has 1 fully saturated rings. The minimum Gasteiger partial charge on any atom is -0.548 e. The van der Waals surface area contributed by atoms with E-state index in [0.29, 0.717) is 25.3 Å². The SMILES string of the molecule is CC(C)[C@@H]([NH3+])C(=O)NCC1CCC(C(=O)N[C@@H](C(=O)[O-])C(C)C)CC1. The molecule has 144 valence electrons. The molecule has 0 unspecified atom stereocenters. The van der Waals surface area contributed by atoms with Crippen molar-refractivity contribution in [3.63, 3.8) is 0 Å². The maximum absolute atomic E-state index is 12.3. The lowest BCUT2D eigenvalue weighted by molar-refractivity contribution is -0.414. The van der Waals surface area contributed by atoms with Gasteiger partial charge in [-0.2, -0.15) is 0 Å². The van der Waals surface area contributed by atoms with Crippen LogP contribution in [0.3, 0.4) is 0 Å². The monoisotopic (exact) mass is 355 g/mol. The van der Waals surface area contributed by atoms with E-state index in [1.165, 1.54) is 0 Å². The van der Waals surface area contributed by atoms with Crippen LogP contribution < -0.4 is 21.5 Å². The molecule has 1 rings (SSSR count). The molecule has 1 saturated carbocycles. The van der Waals surface area contributed by atoms with Crippen molar-refractivity contribution in [2.24, 2.45) is 23.7 Å². The molecule has 0 aliphatic heterocycles. The smallest absolute Gasteiger partial charge is 0.278 e. The third kappa shape index (κ3) is 6.65. The van der Waals surface area contributed by atoms with Crippen molar-refractivity contribution in [1.29, 1.82) is 0 Å². The zero-order valence-corrected chi connectivity index (χ0v) is 15.8. The first kappa shape index (κ1) is 21.4. The van der Waals surface area contributed by atoms with Gasteiger partial charge in [0.25, 0.3) is 5.91 Å². The van der Waals surface area contributed by atoms with E-state index in [1.54, 1.807) is 13.8 Å². The number of amides is 2. The van der Waals surface area contributed by atoms with Crippen molar-refractivity contribution in [3.8, 4) is 0 Å². The van der Waals surface area contributed by atoms with Crippen molar-refractivity contribution in [2.45, 2.75) is 65.5 Å². The summed E-state index contributed by atoms with van der Waals surface area (Å²) in [6, 6.07) is -1.20. The maximum Gasteiger partial charge on any atom is 0.278 e. The molecule has 0 aromatic carbocycles. The van der Waals surface area contributed by atoms with Gasteiger partial charge in [-0.3, -0.25) is 9.59 Å². The van der Waals surface area contributed by atoms with Crippen LogP contribution in [0.15, 0.2) is 0 Å². The number of hydrogen-bond acceptors (Lipinski definition) is 4. The van der Waals surface area contributed by atoms with Crippen molar-refractivity contribution in [1.82, 2.24) is 10.6 Å². The van der Waals surface area contributed by atoms with Crippen LogP contribution in [-0.2, 0) is 14.4 Å². The predicted molar refractivity (Wildman–Crippen MR) is 91.7 cm³/mol. The summed E-state index contributed by atoms with van der Waals surface area (Å²) in [4.78, 5) is 35.3. The number of carbonyl (C=O) groups is 3. The van der Waals surface area contributed by atoms with E-state index < -0.39 is 12.0 Å². The molecule has 1 aliphatic rings. The Bertz CT molecular complexity index is 471. The van der Waals surface area contributed by atoms with Crippen LogP contribution in [-0.4, -0.2) is 36.4 Å².